The minimum atomic E-state index is -2.49. The Morgan fingerprint density at radius 2 is 0.621 bits per heavy atom. The fourth-order valence-electron chi connectivity index (χ4n) is 15.0. The average molecular weight is 1700 g/mol. The molecule has 0 aromatic heterocycles. The van der Waals surface area contributed by atoms with Crippen LogP contribution in [0.3, 0.4) is 0 Å². The van der Waals surface area contributed by atoms with Gasteiger partial charge in [0.1, 0.15) is 226 Å². The molecule has 0 aliphatic carbocycles. The third kappa shape index (κ3) is 20.7. The molecular weight excluding hydrogens is 1590 g/mol. The molecule has 0 aromatic carbocycles. The summed E-state index contributed by atoms with van der Waals surface area (Å²) in [4.78, 5) is 39.3. The topological polar surface area (TPSA) is 789 Å². The lowest BCUT2D eigenvalue weighted by Crippen LogP contribution is -2.71. The van der Waals surface area contributed by atoms with Gasteiger partial charge in [0.2, 0.25) is 17.7 Å². The summed E-state index contributed by atoms with van der Waals surface area (Å²) in [7, 11) is 0. The standard InChI is InChI=1S/C65H109N3O48/c1-14-30(78)39(87)45(93)59(101-14)99-13-26-50(110-62-47(95)41(89)33(81)20(6-69)104-62)38(86)28(67-17(4)75)58(109-26)115-54-43(91)35(83)22(8-71)106-64(54)100-12-25-36(84)53(114-63-48(96)42(90)34(82)21(7-70)105-63)55(116-60-44(92)32(80)19(77)11-98-60)65(108-25)111-49-23(9-72)107-57(27(37(49)85)66-16(3)74)112-51-24(10-73)103-56(97)29(68-18(5)76)52(51)113-61-46(94)40(88)31(79)15(2)102-61/h14-15,19-65,69-73,77-97H,6-13H2,1-5H3,(H,66,74)(H,67,75)(H,68,76)/t14-,15-,19+,20+,21+,22+,23+,24+,25+,26+,27+,28+,29+,30+,31+,32-,33-,34+,35+,36+,37+,38+,39+,40+,41-,42-,43-,44+,45-,46-,47+,48-,49+,50+,51+,52+,53-,54-,55-,56+,57-,58-,59+,60-,61-,62-,63+,64-,65-/m0/s1. The van der Waals surface area contributed by atoms with E-state index in [4.69, 9.17) is 90.0 Å². The number of carbonyl (C=O) groups is 3. The second-order valence-electron chi connectivity index (χ2n) is 29.8. The van der Waals surface area contributed by atoms with Crippen LogP contribution in [-0.4, -0.2) is 504 Å². The van der Waals surface area contributed by atoms with Gasteiger partial charge in [-0.25, -0.2) is 0 Å². The zero-order valence-electron chi connectivity index (χ0n) is 62.6. The Hall–Kier alpha value is -3.39. The van der Waals surface area contributed by atoms with E-state index in [1.165, 1.54) is 13.8 Å². The zero-order valence-corrected chi connectivity index (χ0v) is 62.6. The van der Waals surface area contributed by atoms with Crippen LogP contribution in [0.2, 0.25) is 0 Å². The van der Waals surface area contributed by atoms with Crippen LogP contribution in [-0.2, 0) is 104 Å². The third-order valence-electron chi connectivity index (χ3n) is 21.6. The van der Waals surface area contributed by atoms with Crippen molar-refractivity contribution >= 4 is 17.7 Å². The molecule has 29 N–H and O–H groups in total. The van der Waals surface area contributed by atoms with E-state index in [1.807, 2.05) is 0 Å². The molecule has 10 saturated heterocycles. The van der Waals surface area contributed by atoms with Crippen molar-refractivity contribution in [3.05, 3.63) is 0 Å². The number of rotatable bonds is 28. The maximum absolute atomic E-state index is 13.3. The van der Waals surface area contributed by atoms with Crippen LogP contribution >= 0.6 is 0 Å². The minimum Gasteiger partial charge on any atom is -0.394 e. The number of aliphatic hydroxyl groups excluding tert-OH is 26. The third-order valence-corrected chi connectivity index (χ3v) is 21.6. The van der Waals surface area contributed by atoms with E-state index in [0.29, 0.717) is 0 Å². The molecule has 0 bridgehead atoms. The second kappa shape index (κ2) is 40.9. The van der Waals surface area contributed by atoms with E-state index >= 15 is 0 Å². The molecule has 51 nitrogen and oxygen atoms in total. The fraction of sp³-hybridized carbons (Fsp3) is 0.954. The van der Waals surface area contributed by atoms with Crippen molar-refractivity contribution in [1.29, 1.82) is 0 Å². The van der Waals surface area contributed by atoms with Gasteiger partial charge in [0.05, 0.1) is 65.1 Å². The Morgan fingerprint density at radius 3 is 1.13 bits per heavy atom. The predicted octanol–water partition coefficient (Wildman–Crippen LogP) is -19.7. The molecule has 0 radical (unpaired) electrons. The molecule has 10 heterocycles. The fourth-order valence-corrected chi connectivity index (χ4v) is 15.0. The van der Waals surface area contributed by atoms with Crippen molar-refractivity contribution in [2.45, 2.75) is 335 Å². The SMILES string of the molecule is CC(=O)N[C@@H]1[C@@H](O[C@@H]2O[C@@H](C)[C@@H](O)[C@@H](O)[C@@H]2O)[C@H](O[C@@H]2O[C@H](CO)[C@@H](O[C@@H]3O[C@H](CO[C@H]4O[C@H](CO)[C@@H](O)[C@H](O)[C@@H]4O[C@@H]4O[C@H](CO[C@@H]5O[C@@H](C)[C@@H](O)[C@@H](O)[C@@H]5O)[C@@H](O[C@@H]5O[C@H](CO)[C@H](O)[C@H](O)[C@H]5O)[C@H](O)[C@H]4NC(C)=O)[C@@H](O)[C@H](O[C@H]4O[C@H](CO)[C@@H](O)[C@H](O)[C@@H]4O)[C@@H]3O[C@@H]3OC[C@@H](O)[C@H](O)[C@H]3O)[C@H](O)[C@H]2NC(C)=O)[C@@H](CO)O[C@H]1O. The van der Waals surface area contributed by atoms with Gasteiger partial charge in [-0.3, -0.25) is 14.4 Å². The highest BCUT2D eigenvalue weighted by atomic mass is 16.8. The Kier molecular flexibility index (Phi) is 33.5. The van der Waals surface area contributed by atoms with Crippen LogP contribution in [0.5, 0.6) is 0 Å². The highest BCUT2D eigenvalue weighted by molar-refractivity contribution is 5.74. The van der Waals surface area contributed by atoms with Gasteiger partial charge >= 0.3 is 0 Å². The van der Waals surface area contributed by atoms with Crippen LogP contribution < -0.4 is 16.0 Å². The van der Waals surface area contributed by atoms with Crippen molar-refractivity contribution in [2.75, 3.05) is 52.9 Å². The Morgan fingerprint density at radius 1 is 0.276 bits per heavy atom. The van der Waals surface area contributed by atoms with E-state index < -0.39 is 371 Å². The molecule has 0 aromatic rings. The number of hydrogen-bond acceptors (Lipinski definition) is 48. The highest BCUT2D eigenvalue weighted by Crippen LogP contribution is 2.41. The predicted molar refractivity (Wildman–Crippen MR) is 356 cm³/mol. The Bertz CT molecular complexity index is 3080. The number of amides is 3. The van der Waals surface area contributed by atoms with Crippen molar-refractivity contribution in [3.63, 3.8) is 0 Å². The van der Waals surface area contributed by atoms with Gasteiger partial charge in [0.15, 0.2) is 62.9 Å². The molecule has 672 valence electrons. The number of hydrogen-bond donors (Lipinski definition) is 29. The molecule has 0 saturated carbocycles. The lowest BCUT2D eigenvalue weighted by molar-refractivity contribution is -0.406. The smallest absolute Gasteiger partial charge is 0.217 e. The number of nitrogens with one attached hydrogen (secondary N) is 3. The largest absolute Gasteiger partial charge is 0.394 e. The van der Waals surface area contributed by atoms with Gasteiger partial charge in [-0.2, -0.15) is 0 Å². The maximum Gasteiger partial charge on any atom is 0.217 e. The molecule has 0 spiro atoms. The quantitative estimate of drug-likeness (QED) is 0.0346. The molecule has 3 amide bonds. The summed E-state index contributed by atoms with van der Waals surface area (Å²) in [6.07, 6.45) is -94.5. The molecule has 10 fully saturated rings. The monoisotopic (exact) mass is 1700 g/mol. The molecule has 10 aliphatic heterocycles. The number of carbonyl (C=O) groups excluding carboxylic acids is 3. The second-order valence-corrected chi connectivity index (χ2v) is 29.8. The van der Waals surface area contributed by atoms with Crippen LogP contribution in [0, 0.1) is 0 Å². The van der Waals surface area contributed by atoms with Crippen LogP contribution in [0.4, 0.5) is 0 Å². The first-order valence-electron chi connectivity index (χ1n) is 37.3. The first-order valence-corrected chi connectivity index (χ1v) is 37.3. The highest BCUT2D eigenvalue weighted by Gasteiger charge is 2.62. The summed E-state index contributed by atoms with van der Waals surface area (Å²) >= 11 is 0. The minimum absolute atomic E-state index is 0.824. The summed E-state index contributed by atoms with van der Waals surface area (Å²) in [5.41, 5.74) is 0. The normalized spacial score (nSPS) is 51.1. The van der Waals surface area contributed by atoms with Crippen molar-refractivity contribution < 1.29 is 237 Å². The maximum atomic E-state index is 13.3. The number of aliphatic hydroxyl groups is 26. The summed E-state index contributed by atoms with van der Waals surface area (Å²) < 4.78 is 114. The van der Waals surface area contributed by atoms with Crippen molar-refractivity contribution in [3.8, 4) is 0 Å². The average Bonchev–Trinajstić information content (AvgIpc) is 0.727. The van der Waals surface area contributed by atoms with Crippen LogP contribution in [0.25, 0.3) is 0 Å². The van der Waals surface area contributed by atoms with Gasteiger partial charge in [0.25, 0.3) is 0 Å². The first kappa shape index (κ1) is 94.9. The molecule has 116 heavy (non-hydrogen) atoms. The molecule has 0 unspecified atom stereocenters. The van der Waals surface area contributed by atoms with Gasteiger partial charge in [-0.1, -0.05) is 0 Å². The van der Waals surface area contributed by atoms with Gasteiger partial charge in [0, 0.05) is 20.8 Å². The summed E-state index contributed by atoms with van der Waals surface area (Å²) in [5, 5.41) is 296. The van der Waals surface area contributed by atoms with E-state index in [2.05, 4.69) is 16.0 Å². The zero-order chi connectivity index (χ0) is 85.2. The lowest BCUT2D eigenvalue weighted by Gasteiger charge is -2.52. The molecule has 49 atom stereocenters. The van der Waals surface area contributed by atoms with E-state index in [-0.39, 0.29) is 0 Å². The summed E-state index contributed by atoms with van der Waals surface area (Å²) in [6.45, 7) is -3.21. The molecule has 10 aliphatic rings. The molecule has 51 heteroatoms. The first-order chi connectivity index (χ1) is 54.8. The van der Waals surface area contributed by atoms with E-state index in [1.54, 1.807) is 0 Å². The summed E-state index contributed by atoms with van der Waals surface area (Å²) in [6, 6.07) is -5.80. The van der Waals surface area contributed by atoms with Crippen LogP contribution in [0.1, 0.15) is 34.6 Å². The van der Waals surface area contributed by atoms with Gasteiger partial charge in [-0.15, -0.1) is 0 Å². The summed E-state index contributed by atoms with van der Waals surface area (Å²) in [5.74, 6) is -2.83. The van der Waals surface area contributed by atoms with Crippen LogP contribution in [0.15, 0.2) is 0 Å². The Balaban J connectivity index is 1.01. The van der Waals surface area contributed by atoms with Gasteiger partial charge in [-0.05, 0) is 13.8 Å². The van der Waals surface area contributed by atoms with E-state index in [0.717, 1.165) is 20.8 Å². The van der Waals surface area contributed by atoms with Crippen molar-refractivity contribution in [1.82, 2.24) is 16.0 Å². The molecule has 10 rings (SSSR count). The number of ether oxygens (including phenoxy) is 19. The van der Waals surface area contributed by atoms with Crippen molar-refractivity contribution in [2.24, 2.45) is 0 Å². The lowest BCUT2D eigenvalue weighted by atomic mass is 9.93. The molecular formula is C65H109N3O48. The van der Waals surface area contributed by atoms with Gasteiger partial charge < -0.3 is 239 Å². The van der Waals surface area contributed by atoms with E-state index in [9.17, 15) is 147 Å². The Labute approximate surface area is 657 Å².